The average Bonchev–Trinajstić information content (AvgIpc) is 2.44. The van der Waals surface area contributed by atoms with Crippen molar-refractivity contribution in [1.82, 2.24) is 0 Å². The van der Waals surface area contributed by atoms with Crippen LogP contribution in [0, 0.1) is 12.7 Å². The fourth-order valence-corrected chi connectivity index (χ4v) is 2.94. The fraction of sp³-hybridized carbons (Fsp3) is 0.294. The largest absolute Gasteiger partial charge is 0.327 e. The Morgan fingerprint density at radius 2 is 1.85 bits per heavy atom. The molecule has 0 radical (unpaired) electrons. The summed E-state index contributed by atoms with van der Waals surface area (Å²) >= 11 is 1.47. The number of nitrogens with two attached hydrogens (primary N) is 1. The Morgan fingerprint density at radius 3 is 2.50 bits per heavy atom. The molecule has 2 N–H and O–H groups in total. The van der Waals surface area contributed by atoms with Gasteiger partial charge in [0.15, 0.2) is 0 Å². The van der Waals surface area contributed by atoms with E-state index < -0.39 is 0 Å². The molecule has 1 nitrogen and oxygen atoms in total. The molecule has 0 heterocycles. The summed E-state index contributed by atoms with van der Waals surface area (Å²) in [6, 6.07) is 13.4. The predicted molar refractivity (Wildman–Crippen MR) is 83.7 cm³/mol. The van der Waals surface area contributed by atoms with Crippen LogP contribution < -0.4 is 5.73 Å². The van der Waals surface area contributed by atoms with Gasteiger partial charge < -0.3 is 5.73 Å². The standard InChI is InChI=1S/C17H20FNS/c1-3-14(19)11-13-5-4-6-16(18)17(13)20-15-9-7-12(2)8-10-15/h4-10,14H,3,11,19H2,1-2H3. The molecular weight excluding hydrogens is 269 g/mol. The summed E-state index contributed by atoms with van der Waals surface area (Å²) < 4.78 is 14.1. The Balaban J connectivity index is 2.27. The summed E-state index contributed by atoms with van der Waals surface area (Å²) in [5, 5.41) is 0. The molecule has 0 aliphatic rings. The number of halogens is 1. The van der Waals surface area contributed by atoms with Crippen molar-refractivity contribution in [3.05, 3.63) is 59.4 Å². The third kappa shape index (κ3) is 3.84. The van der Waals surface area contributed by atoms with Crippen LogP contribution in [0.4, 0.5) is 4.39 Å². The van der Waals surface area contributed by atoms with Crippen LogP contribution in [0.3, 0.4) is 0 Å². The minimum Gasteiger partial charge on any atom is -0.327 e. The molecule has 3 heteroatoms. The predicted octanol–water partition coefficient (Wildman–Crippen LogP) is 4.57. The van der Waals surface area contributed by atoms with E-state index in [1.54, 1.807) is 6.07 Å². The van der Waals surface area contributed by atoms with Crippen molar-refractivity contribution in [2.24, 2.45) is 5.73 Å². The highest BCUT2D eigenvalue weighted by atomic mass is 32.2. The molecule has 0 amide bonds. The summed E-state index contributed by atoms with van der Waals surface area (Å²) in [7, 11) is 0. The zero-order chi connectivity index (χ0) is 14.5. The van der Waals surface area contributed by atoms with E-state index in [9.17, 15) is 4.39 Å². The molecule has 0 saturated heterocycles. The second kappa shape index (κ2) is 6.91. The Kier molecular flexibility index (Phi) is 5.21. The average molecular weight is 289 g/mol. The van der Waals surface area contributed by atoms with Gasteiger partial charge in [-0.3, -0.25) is 0 Å². The molecule has 106 valence electrons. The molecule has 0 bridgehead atoms. The highest BCUT2D eigenvalue weighted by Gasteiger charge is 2.12. The van der Waals surface area contributed by atoms with Gasteiger partial charge in [-0.15, -0.1) is 0 Å². The van der Waals surface area contributed by atoms with Gasteiger partial charge in [-0.25, -0.2) is 4.39 Å². The molecule has 20 heavy (non-hydrogen) atoms. The minimum absolute atomic E-state index is 0.0779. The quantitative estimate of drug-likeness (QED) is 0.873. The van der Waals surface area contributed by atoms with E-state index in [0.717, 1.165) is 16.9 Å². The summed E-state index contributed by atoms with van der Waals surface area (Å²) in [4.78, 5) is 1.74. The van der Waals surface area contributed by atoms with Gasteiger partial charge in [0.25, 0.3) is 0 Å². The third-order valence-corrected chi connectivity index (χ3v) is 4.47. The molecular formula is C17H20FNS. The maximum absolute atomic E-state index is 14.1. The monoisotopic (exact) mass is 289 g/mol. The first-order valence-corrected chi connectivity index (χ1v) is 7.69. The molecule has 0 aliphatic carbocycles. The van der Waals surface area contributed by atoms with Crippen LogP contribution in [0.2, 0.25) is 0 Å². The van der Waals surface area contributed by atoms with E-state index >= 15 is 0 Å². The van der Waals surface area contributed by atoms with Gasteiger partial charge >= 0.3 is 0 Å². The number of benzene rings is 2. The second-order valence-corrected chi connectivity index (χ2v) is 6.10. The zero-order valence-corrected chi connectivity index (χ0v) is 12.7. The van der Waals surface area contributed by atoms with Crippen molar-refractivity contribution >= 4 is 11.8 Å². The van der Waals surface area contributed by atoms with Crippen LogP contribution in [0.1, 0.15) is 24.5 Å². The van der Waals surface area contributed by atoms with E-state index in [4.69, 9.17) is 5.73 Å². The Labute approximate surface area is 124 Å². The van der Waals surface area contributed by atoms with Crippen LogP contribution in [-0.4, -0.2) is 6.04 Å². The van der Waals surface area contributed by atoms with E-state index in [2.05, 4.69) is 6.92 Å². The van der Waals surface area contributed by atoms with Crippen molar-refractivity contribution in [3.63, 3.8) is 0 Å². The minimum atomic E-state index is -0.170. The molecule has 2 rings (SSSR count). The lowest BCUT2D eigenvalue weighted by Crippen LogP contribution is -2.21. The van der Waals surface area contributed by atoms with E-state index in [0.29, 0.717) is 11.3 Å². The summed E-state index contributed by atoms with van der Waals surface area (Å²) in [5.41, 5.74) is 8.20. The first kappa shape index (κ1) is 15.1. The van der Waals surface area contributed by atoms with Gasteiger partial charge in [0.2, 0.25) is 0 Å². The van der Waals surface area contributed by atoms with Gasteiger partial charge in [-0.1, -0.05) is 48.5 Å². The summed E-state index contributed by atoms with van der Waals surface area (Å²) in [6.07, 6.45) is 1.60. The second-order valence-electron chi connectivity index (χ2n) is 5.02. The van der Waals surface area contributed by atoms with Crippen molar-refractivity contribution < 1.29 is 4.39 Å². The normalized spacial score (nSPS) is 12.4. The third-order valence-electron chi connectivity index (χ3n) is 3.30. The van der Waals surface area contributed by atoms with Gasteiger partial charge in [-0.2, -0.15) is 0 Å². The highest BCUT2D eigenvalue weighted by molar-refractivity contribution is 7.99. The molecule has 0 aromatic heterocycles. The maximum atomic E-state index is 14.1. The number of hydrogen-bond acceptors (Lipinski definition) is 2. The first-order valence-electron chi connectivity index (χ1n) is 6.87. The van der Waals surface area contributed by atoms with E-state index in [1.165, 1.54) is 23.4 Å². The summed E-state index contributed by atoms with van der Waals surface area (Å²) in [6.45, 7) is 4.10. The molecule has 0 spiro atoms. The summed E-state index contributed by atoms with van der Waals surface area (Å²) in [5.74, 6) is -0.170. The fourth-order valence-electron chi connectivity index (χ4n) is 1.98. The molecule has 2 aromatic rings. The number of aryl methyl sites for hydroxylation is 1. The highest BCUT2D eigenvalue weighted by Crippen LogP contribution is 2.33. The smallest absolute Gasteiger partial charge is 0.137 e. The molecule has 2 aromatic carbocycles. The van der Waals surface area contributed by atoms with E-state index in [-0.39, 0.29) is 11.9 Å². The Morgan fingerprint density at radius 1 is 1.15 bits per heavy atom. The van der Waals surface area contributed by atoms with Gasteiger partial charge in [0, 0.05) is 10.9 Å². The Bertz CT molecular complexity index is 566. The van der Waals surface area contributed by atoms with Crippen LogP contribution in [-0.2, 0) is 6.42 Å². The number of hydrogen-bond donors (Lipinski definition) is 1. The molecule has 1 unspecified atom stereocenters. The van der Waals surface area contributed by atoms with Crippen molar-refractivity contribution in [3.8, 4) is 0 Å². The lowest BCUT2D eigenvalue weighted by Gasteiger charge is -2.14. The molecule has 0 aliphatic heterocycles. The van der Waals surface area contributed by atoms with Gasteiger partial charge in [0.05, 0.1) is 4.90 Å². The maximum Gasteiger partial charge on any atom is 0.137 e. The van der Waals surface area contributed by atoms with E-state index in [1.807, 2.05) is 37.3 Å². The topological polar surface area (TPSA) is 26.0 Å². The Hall–Kier alpha value is -1.32. The number of rotatable bonds is 5. The van der Waals surface area contributed by atoms with Crippen LogP contribution in [0.5, 0.6) is 0 Å². The molecule has 0 saturated carbocycles. The molecule has 0 fully saturated rings. The van der Waals surface area contributed by atoms with Crippen molar-refractivity contribution in [2.45, 2.75) is 42.5 Å². The van der Waals surface area contributed by atoms with Crippen LogP contribution >= 0.6 is 11.8 Å². The van der Waals surface area contributed by atoms with Crippen molar-refractivity contribution in [1.29, 1.82) is 0 Å². The lowest BCUT2D eigenvalue weighted by molar-refractivity contribution is 0.585. The molecule has 1 atom stereocenters. The van der Waals surface area contributed by atoms with Gasteiger partial charge in [0.1, 0.15) is 5.82 Å². The van der Waals surface area contributed by atoms with Gasteiger partial charge in [-0.05, 0) is 43.5 Å². The van der Waals surface area contributed by atoms with Crippen LogP contribution in [0.25, 0.3) is 0 Å². The SMILES string of the molecule is CCC(N)Cc1cccc(F)c1Sc1ccc(C)cc1. The lowest BCUT2D eigenvalue weighted by atomic mass is 10.0. The van der Waals surface area contributed by atoms with Crippen molar-refractivity contribution in [2.75, 3.05) is 0 Å². The van der Waals surface area contributed by atoms with Crippen LogP contribution in [0.15, 0.2) is 52.3 Å². The first-order chi connectivity index (χ1) is 9.60. The zero-order valence-electron chi connectivity index (χ0n) is 11.9.